The van der Waals surface area contributed by atoms with Crippen molar-refractivity contribution in [1.82, 2.24) is 20.1 Å². The molecule has 0 aromatic carbocycles. The van der Waals surface area contributed by atoms with E-state index in [1.54, 1.807) is 11.9 Å². The van der Waals surface area contributed by atoms with Gasteiger partial charge in [-0.2, -0.15) is 0 Å². The number of amides is 1. The predicted octanol–water partition coefficient (Wildman–Crippen LogP) is 1.28. The largest absolute Gasteiger partial charge is 0.450 e. The molecule has 0 spiro atoms. The van der Waals surface area contributed by atoms with E-state index in [1.165, 1.54) is 11.1 Å². The lowest BCUT2D eigenvalue weighted by molar-refractivity contribution is 0.0915. The van der Waals surface area contributed by atoms with Crippen LogP contribution in [0.4, 0.5) is 4.79 Å². The molecule has 0 atom stereocenters. The zero-order valence-corrected chi connectivity index (χ0v) is 14.8. The molecule has 2 rings (SSSR count). The number of rotatable bonds is 4. The van der Waals surface area contributed by atoms with Gasteiger partial charge in [-0.1, -0.05) is 0 Å². The summed E-state index contributed by atoms with van der Waals surface area (Å²) in [4.78, 5) is 24.1. The zero-order valence-electron chi connectivity index (χ0n) is 14.8. The molecule has 132 valence electrons. The van der Waals surface area contributed by atoms with Gasteiger partial charge in [-0.15, -0.1) is 0 Å². The highest BCUT2D eigenvalue weighted by Crippen LogP contribution is 2.06. The highest BCUT2D eigenvalue weighted by molar-refractivity contribution is 5.80. The number of nitrogens with zero attached hydrogens (tertiary/aromatic N) is 4. The molecular formula is C17H27N5O2. The topological polar surface area (TPSA) is 70.1 Å². The fraction of sp³-hybridized carbons (Fsp3) is 0.588. The van der Waals surface area contributed by atoms with E-state index in [9.17, 15) is 4.79 Å². The fourth-order valence-corrected chi connectivity index (χ4v) is 2.74. The first-order valence-corrected chi connectivity index (χ1v) is 8.42. The number of carbonyl (C=O) groups excluding carboxylic acids is 1. The summed E-state index contributed by atoms with van der Waals surface area (Å²) in [5, 5.41) is 3.40. The summed E-state index contributed by atoms with van der Waals surface area (Å²) in [6, 6.07) is 2.05. The molecule has 0 radical (unpaired) electrons. The van der Waals surface area contributed by atoms with Crippen molar-refractivity contribution in [2.75, 3.05) is 46.4 Å². The van der Waals surface area contributed by atoms with Gasteiger partial charge in [0.2, 0.25) is 0 Å². The lowest BCUT2D eigenvalue weighted by Gasteiger charge is -2.35. The van der Waals surface area contributed by atoms with E-state index in [-0.39, 0.29) is 6.09 Å². The Morgan fingerprint density at radius 1 is 1.33 bits per heavy atom. The first-order valence-electron chi connectivity index (χ1n) is 8.42. The summed E-state index contributed by atoms with van der Waals surface area (Å²) in [6.45, 7) is 7.95. The predicted molar refractivity (Wildman–Crippen MR) is 94.2 cm³/mol. The lowest BCUT2D eigenvalue weighted by atomic mass is 10.1. The molecule has 0 saturated carbocycles. The van der Waals surface area contributed by atoms with Crippen LogP contribution >= 0.6 is 0 Å². The molecule has 1 aliphatic rings. The summed E-state index contributed by atoms with van der Waals surface area (Å²) in [6.07, 6.45) is 4.41. The van der Waals surface area contributed by atoms with Crippen LogP contribution in [0.25, 0.3) is 0 Å². The van der Waals surface area contributed by atoms with Crippen LogP contribution in [0, 0.1) is 6.92 Å². The summed E-state index contributed by atoms with van der Waals surface area (Å²) in [5.41, 5.74) is 2.50. The number of aryl methyl sites for hydroxylation is 1. The van der Waals surface area contributed by atoms with Crippen LogP contribution in [-0.4, -0.2) is 73.2 Å². The van der Waals surface area contributed by atoms with Gasteiger partial charge in [0.1, 0.15) is 0 Å². The number of pyridine rings is 1. The second kappa shape index (κ2) is 9.10. The molecule has 1 aromatic rings. The Morgan fingerprint density at radius 3 is 2.67 bits per heavy atom. The van der Waals surface area contributed by atoms with Gasteiger partial charge in [0.15, 0.2) is 5.96 Å². The Labute approximate surface area is 143 Å². The summed E-state index contributed by atoms with van der Waals surface area (Å²) in [7, 11) is 1.79. The van der Waals surface area contributed by atoms with E-state index in [4.69, 9.17) is 4.74 Å². The molecule has 2 heterocycles. The van der Waals surface area contributed by atoms with E-state index < -0.39 is 0 Å². The third kappa shape index (κ3) is 4.84. The van der Waals surface area contributed by atoms with Crippen molar-refractivity contribution < 1.29 is 9.53 Å². The lowest BCUT2D eigenvalue weighted by Crippen LogP contribution is -2.54. The van der Waals surface area contributed by atoms with Crippen molar-refractivity contribution in [3.8, 4) is 0 Å². The monoisotopic (exact) mass is 333 g/mol. The first-order chi connectivity index (χ1) is 11.7. The second-order valence-corrected chi connectivity index (χ2v) is 5.70. The van der Waals surface area contributed by atoms with Gasteiger partial charge in [0, 0.05) is 52.2 Å². The third-order valence-corrected chi connectivity index (χ3v) is 4.13. The van der Waals surface area contributed by atoms with Crippen LogP contribution < -0.4 is 5.32 Å². The van der Waals surface area contributed by atoms with Gasteiger partial charge >= 0.3 is 6.09 Å². The van der Waals surface area contributed by atoms with Gasteiger partial charge in [0.05, 0.1) is 6.61 Å². The van der Waals surface area contributed by atoms with Crippen molar-refractivity contribution in [3.05, 3.63) is 29.6 Å². The molecule has 1 amide bonds. The molecule has 1 saturated heterocycles. The number of carbonyl (C=O) groups is 1. The van der Waals surface area contributed by atoms with Gasteiger partial charge in [-0.3, -0.25) is 9.98 Å². The smallest absolute Gasteiger partial charge is 0.409 e. The molecule has 24 heavy (non-hydrogen) atoms. The van der Waals surface area contributed by atoms with Crippen LogP contribution in [0.1, 0.15) is 18.1 Å². The molecule has 0 unspecified atom stereocenters. The van der Waals surface area contributed by atoms with Crippen LogP contribution in [0.3, 0.4) is 0 Å². The minimum atomic E-state index is -0.228. The van der Waals surface area contributed by atoms with Crippen molar-refractivity contribution in [1.29, 1.82) is 0 Å². The normalized spacial score (nSPS) is 15.4. The van der Waals surface area contributed by atoms with Gasteiger partial charge < -0.3 is 19.9 Å². The minimum Gasteiger partial charge on any atom is -0.450 e. The number of aliphatic imine (C=N–C) groups is 1. The Morgan fingerprint density at radius 2 is 2.04 bits per heavy atom. The van der Waals surface area contributed by atoms with E-state index in [2.05, 4.69) is 33.2 Å². The third-order valence-electron chi connectivity index (χ3n) is 4.13. The molecule has 1 aromatic heterocycles. The van der Waals surface area contributed by atoms with Crippen molar-refractivity contribution >= 4 is 12.1 Å². The SMILES string of the molecule is CCOC(=O)N1CCN(C(=NC)NCCc2ccncc2C)CC1. The van der Waals surface area contributed by atoms with Gasteiger partial charge in [-0.25, -0.2) is 4.79 Å². The molecule has 1 N–H and O–H groups in total. The number of aromatic nitrogens is 1. The number of hydrogen-bond donors (Lipinski definition) is 1. The molecular weight excluding hydrogens is 306 g/mol. The quantitative estimate of drug-likeness (QED) is 0.664. The van der Waals surface area contributed by atoms with Gasteiger partial charge in [-0.05, 0) is 37.5 Å². The Bertz CT molecular complexity index is 568. The molecule has 0 bridgehead atoms. The van der Waals surface area contributed by atoms with E-state index in [0.29, 0.717) is 19.7 Å². The summed E-state index contributed by atoms with van der Waals surface area (Å²) in [5.74, 6) is 0.880. The van der Waals surface area contributed by atoms with Crippen molar-refractivity contribution in [2.24, 2.45) is 4.99 Å². The highest BCUT2D eigenvalue weighted by Gasteiger charge is 2.23. The Balaban J connectivity index is 1.79. The van der Waals surface area contributed by atoms with Crippen LogP contribution in [0.5, 0.6) is 0 Å². The van der Waals surface area contributed by atoms with E-state index >= 15 is 0 Å². The highest BCUT2D eigenvalue weighted by atomic mass is 16.6. The molecule has 1 fully saturated rings. The number of hydrogen-bond acceptors (Lipinski definition) is 4. The van der Waals surface area contributed by atoms with Crippen LogP contribution in [0.2, 0.25) is 0 Å². The standard InChI is InChI=1S/C17H27N5O2/c1-4-24-17(23)22-11-9-21(10-12-22)16(18-3)20-8-6-15-5-7-19-13-14(15)2/h5,7,13H,4,6,8-12H2,1-3H3,(H,18,20). The second-order valence-electron chi connectivity index (χ2n) is 5.70. The van der Waals surface area contributed by atoms with Crippen LogP contribution in [0.15, 0.2) is 23.5 Å². The number of ether oxygens (including phenoxy) is 1. The first kappa shape index (κ1) is 18.0. The Hall–Kier alpha value is -2.31. The molecule has 7 nitrogen and oxygen atoms in total. The van der Waals surface area contributed by atoms with Crippen molar-refractivity contribution in [2.45, 2.75) is 20.3 Å². The molecule has 1 aliphatic heterocycles. The number of guanidine groups is 1. The van der Waals surface area contributed by atoms with Gasteiger partial charge in [0.25, 0.3) is 0 Å². The fourth-order valence-electron chi connectivity index (χ4n) is 2.74. The van der Waals surface area contributed by atoms with Crippen LogP contribution in [-0.2, 0) is 11.2 Å². The maximum atomic E-state index is 11.7. The Kier molecular flexibility index (Phi) is 6.84. The minimum absolute atomic E-state index is 0.228. The average Bonchev–Trinajstić information content (AvgIpc) is 2.61. The van der Waals surface area contributed by atoms with Crippen molar-refractivity contribution in [3.63, 3.8) is 0 Å². The number of nitrogens with one attached hydrogen (secondary N) is 1. The average molecular weight is 333 g/mol. The van der Waals surface area contributed by atoms with E-state index in [1.807, 2.05) is 19.3 Å². The van der Waals surface area contributed by atoms with E-state index in [0.717, 1.165) is 32.0 Å². The molecule has 7 heteroatoms. The molecule has 0 aliphatic carbocycles. The maximum Gasteiger partial charge on any atom is 0.409 e. The summed E-state index contributed by atoms with van der Waals surface area (Å²) >= 11 is 0. The number of piperazine rings is 1. The zero-order chi connectivity index (χ0) is 17.4. The maximum absolute atomic E-state index is 11.7. The summed E-state index contributed by atoms with van der Waals surface area (Å²) < 4.78 is 5.05.